The molecule has 0 aliphatic heterocycles. The summed E-state index contributed by atoms with van der Waals surface area (Å²) in [6.07, 6.45) is 0. The SMILES string of the molecule is N#Cc1ccccc1S(=O)(=O)Nc1cccc(Br)n1. The lowest BCUT2D eigenvalue weighted by Crippen LogP contribution is -2.15. The molecule has 1 aromatic heterocycles. The number of nitriles is 1. The molecule has 7 heteroatoms. The third-order valence-corrected chi connectivity index (χ3v) is 4.11. The topological polar surface area (TPSA) is 82.8 Å². The van der Waals surface area contributed by atoms with E-state index in [-0.39, 0.29) is 16.3 Å². The smallest absolute Gasteiger partial charge is 0.263 e. The maximum atomic E-state index is 12.2. The summed E-state index contributed by atoms with van der Waals surface area (Å²) in [5, 5.41) is 8.93. The van der Waals surface area contributed by atoms with Gasteiger partial charge in [0.15, 0.2) is 0 Å². The van der Waals surface area contributed by atoms with Crippen LogP contribution in [0.2, 0.25) is 0 Å². The van der Waals surface area contributed by atoms with Gasteiger partial charge in [-0.3, -0.25) is 4.72 Å². The molecule has 96 valence electrons. The van der Waals surface area contributed by atoms with E-state index in [0.29, 0.717) is 4.60 Å². The van der Waals surface area contributed by atoms with E-state index in [4.69, 9.17) is 5.26 Å². The fourth-order valence-electron chi connectivity index (χ4n) is 1.45. The van der Waals surface area contributed by atoms with Gasteiger partial charge in [0.25, 0.3) is 10.0 Å². The van der Waals surface area contributed by atoms with Crippen LogP contribution in [-0.4, -0.2) is 13.4 Å². The summed E-state index contributed by atoms with van der Waals surface area (Å²) in [6, 6.07) is 12.7. The van der Waals surface area contributed by atoms with Crippen LogP contribution in [0, 0.1) is 11.3 Å². The van der Waals surface area contributed by atoms with Crippen molar-refractivity contribution in [1.82, 2.24) is 4.98 Å². The van der Waals surface area contributed by atoms with Crippen molar-refractivity contribution in [2.75, 3.05) is 4.72 Å². The average Bonchev–Trinajstić information content (AvgIpc) is 2.38. The monoisotopic (exact) mass is 337 g/mol. The van der Waals surface area contributed by atoms with Gasteiger partial charge >= 0.3 is 0 Å². The summed E-state index contributed by atoms with van der Waals surface area (Å²) in [4.78, 5) is 3.91. The first-order valence-electron chi connectivity index (χ1n) is 5.17. The summed E-state index contributed by atoms with van der Waals surface area (Å²) >= 11 is 3.16. The fourth-order valence-corrected chi connectivity index (χ4v) is 2.95. The second-order valence-corrected chi connectivity index (χ2v) is 6.02. The molecule has 1 heterocycles. The second-order valence-electron chi connectivity index (χ2n) is 3.56. The summed E-state index contributed by atoms with van der Waals surface area (Å²) in [6.45, 7) is 0. The highest BCUT2D eigenvalue weighted by atomic mass is 79.9. The van der Waals surface area contributed by atoms with Crippen LogP contribution in [0.4, 0.5) is 5.82 Å². The number of anilines is 1. The third kappa shape index (κ3) is 3.10. The number of hydrogen-bond donors (Lipinski definition) is 1. The zero-order chi connectivity index (χ0) is 13.9. The van der Waals surface area contributed by atoms with Gasteiger partial charge in [0.1, 0.15) is 21.4 Å². The van der Waals surface area contributed by atoms with Crippen LogP contribution >= 0.6 is 15.9 Å². The van der Waals surface area contributed by atoms with Crippen LogP contribution in [-0.2, 0) is 10.0 Å². The van der Waals surface area contributed by atoms with Gasteiger partial charge in [-0.1, -0.05) is 18.2 Å². The molecule has 0 spiro atoms. The molecular formula is C12H8BrN3O2S. The van der Waals surface area contributed by atoms with E-state index in [0.717, 1.165) is 0 Å². The van der Waals surface area contributed by atoms with E-state index < -0.39 is 10.0 Å². The Hall–Kier alpha value is -1.91. The number of halogens is 1. The van der Waals surface area contributed by atoms with Crippen molar-refractivity contribution >= 4 is 31.8 Å². The highest BCUT2D eigenvalue weighted by Gasteiger charge is 2.18. The lowest BCUT2D eigenvalue weighted by molar-refractivity contribution is 0.601. The van der Waals surface area contributed by atoms with Crippen molar-refractivity contribution in [1.29, 1.82) is 5.26 Å². The van der Waals surface area contributed by atoms with E-state index in [1.165, 1.54) is 18.2 Å². The molecule has 0 amide bonds. The number of benzene rings is 1. The van der Waals surface area contributed by atoms with Crippen molar-refractivity contribution in [3.8, 4) is 6.07 Å². The standard InChI is InChI=1S/C12H8BrN3O2S/c13-11-6-3-7-12(15-11)16-19(17,18)10-5-2-1-4-9(10)8-14/h1-7H,(H,15,16). The molecular weight excluding hydrogens is 330 g/mol. The first kappa shape index (κ1) is 13.5. The molecule has 0 bridgehead atoms. The fraction of sp³-hybridized carbons (Fsp3) is 0. The zero-order valence-corrected chi connectivity index (χ0v) is 11.9. The van der Waals surface area contributed by atoms with Crippen LogP contribution in [0.3, 0.4) is 0 Å². The molecule has 0 fully saturated rings. The number of pyridine rings is 1. The van der Waals surface area contributed by atoms with Gasteiger partial charge < -0.3 is 0 Å². The van der Waals surface area contributed by atoms with Gasteiger partial charge in [0.2, 0.25) is 0 Å². The van der Waals surface area contributed by atoms with Gasteiger partial charge in [-0.25, -0.2) is 13.4 Å². The van der Waals surface area contributed by atoms with Gasteiger partial charge in [-0.05, 0) is 40.2 Å². The van der Waals surface area contributed by atoms with Crippen LogP contribution in [0.5, 0.6) is 0 Å². The van der Waals surface area contributed by atoms with Gasteiger partial charge in [0.05, 0.1) is 5.56 Å². The van der Waals surface area contributed by atoms with Crippen LogP contribution in [0.1, 0.15) is 5.56 Å². The van der Waals surface area contributed by atoms with E-state index >= 15 is 0 Å². The van der Waals surface area contributed by atoms with Crippen LogP contribution in [0.25, 0.3) is 0 Å². The summed E-state index contributed by atoms with van der Waals surface area (Å²) in [5.74, 6) is 0.183. The average molecular weight is 338 g/mol. The molecule has 2 aromatic rings. The molecule has 0 aliphatic carbocycles. The number of aromatic nitrogens is 1. The molecule has 5 nitrogen and oxygen atoms in total. The molecule has 0 aliphatic rings. The summed E-state index contributed by atoms with van der Waals surface area (Å²) in [7, 11) is -3.83. The van der Waals surface area contributed by atoms with Crippen molar-refractivity contribution in [2.45, 2.75) is 4.90 Å². The first-order valence-corrected chi connectivity index (χ1v) is 7.45. The molecule has 0 unspecified atom stereocenters. The largest absolute Gasteiger partial charge is 0.264 e. The van der Waals surface area contributed by atoms with E-state index in [1.54, 1.807) is 24.3 Å². The van der Waals surface area contributed by atoms with Gasteiger partial charge in [0, 0.05) is 0 Å². The van der Waals surface area contributed by atoms with Gasteiger partial charge in [-0.2, -0.15) is 5.26 Å². The number of sulfonamides is 1. The Bertz CT molecular complexity index is 754. The van der Waals surface area contributed by atoms with Crippen LogP contribution in [0.15, 0.2) is 52.0 Å². The molecule has 0 radical (unpaired) electrons. The Morgan fingerprint density at radius 2 is 1.89 bits per heavy atom. The zero-order valence-electron chi connectivity index (χ0n) is 9.54. The molecule has 1 N–H and O–H groups in total. The van der Waals surface area contributed by atoms with Crippen molar-refractivity contribution in [3.63, 3.8) is 0 Å². The molecule has 0 atom stereocenters. The minimum Gasteiger partial charge on any atom is -0.263 e. The maximum Gasteiger partial charge on any atom is 0.264 e. The highest BCUT2D eigenvalue weighted by molar-refractivity contribution is 9.10. The second kappa shape index (κ2) is 5.38. The van der Waals surface area contributed by atoms with Crippen molar-refractivity contribution in [2.24, 2.45) is 0 Å². The quantitative estimate of drug-likeness (QED) is 0.872. The Kier molecular flexibility index (Phi) is 3.83. The minimum atomic E-state index is -3.83. The Morgan fingerprint density at radius 3 is 2.58 bits per heavy atom. The number of nitrogens with one attached hydrogen (secondary N) is 1. The number of rotatable bonds is 3. The molecule has 19 heavy (non-hydrogen) atoms. The molecule has 2 rings (SSSR count). The predicted octanol–water partition coefficient (Wildman–Crippen LogP) is 2.52. The van der Waals surface area contributed by atoms with E-state index in [1.807, 2.05) is 6.07 Å². The summed E-state index contributed by atoms with van der Waals surface area (Å²) < 4.78 is 27.2. The maximum absolute atomic E-state index is 12.2. The van der Waals surface area contributed by atoms with E-state index in [9.17, 15) is 8.42 Å². The number of hydrogen-bond acceptors (Lipinski definition) is 4. The molecule has 0 saturated heterocycles. The normalized spacial score (nSPS) is 10.7. The first-order chi connectivity index (χ1) is 9.03. The van der Waals surface area contributed by atoms with Crippen molar-refractivity contribution < 1.29 is 8.42 Å². The lowest BCUT2D eigenvalue weighted by Gasteiger charge is -2.08. The predicted molar refractivity (Wildman–Crippen MR) is 73.9 cm³/mol. The van der Waals surface area contributed by atoms with Crippen LogP contribution < -0.4 is 4.72 Å². The molecule has 1 aromatic carbocycles. The minimum absolute atomic E-state index is 0.0701. The Labute approximate surface area is 119 Å². The summed E-state index contributed by atoms with van der Waals surface area (Å²) in [5.41, 5.74) is 0.0880. The Morgan fingerprint density at radius 1 is 1.16 bits per heavy atom. The lowest BCUT2D eigenvalue weighted by atomic mass is 10.2. The van der Waals surface area contributed by atoms with E-state index in [2.05, 4.69) is 25.6 Å². The Balaban J connectivity index is 2.41. The molecule has 0 saturated carbocycles. The highest BCUT2D eigenvalue weighted by Crippen LogP contribution is 2.19. The van der Waals surface area contributed by atoms with Crippen molar-refractivity contribution in [3.05, 3.63) is 52.6 Å². The third-order valence-electron chi connectivity index (χ3n) is 2.25. The van der Waals surface area contributed by atoms with Gasteiger partial charge in [-0.15, -0.1) is 0 Å². The number of nitrogens with zero attached hydrogens (tertiary/aromatic N) is 2.